The fourth-order valence-electron chi connectivity index (χ4n) is 19.5. The second-order valence-corrected chi connectivity index (χ2v) is 42.6. The molecule has 0 saturated carbocycles. The molecule has 11 fully saturated rings. The van der Waals surface area contributed by atoms with Crippen molar-refractivity contribution in [1.82, 2.24) is 29.4 Å². The molecule has 11 aliphatic heterocycles. The van der Waals surface area contributed by atoms with E-state index in [1.807, 2.05) is 55.4 Å². The SMILES string of the molecule is C=CC(=O)OC1CC(C)(C)N(C)C(C)(C)C1.CC1(C)CC(=O)CC(C)(C)[NH+]1O.CC1(C)CC(N2C(=O)CCC2=O)CC(C)(C)[NH+]1O.CC1(C)CC(OCC2CO2)CC(C)(C)[NH+]1O.CN1C(C)(C)CC(=O)CC1(C)C.CN1C(C)(C)CC(N2C(=O)CCC2=O)CC1(C)C.CN1C(C)(C)CC(OCC2CO2)CC1(C)C. The summed E-state index contributed by atoms with van der Waals surface area (Å²) in [7, 11) is 8.59. The summed E-state index contributed by atoms with van der Waals surface area (Å²) in [6.45, 7) is 65.8. The van der Waals surface area contributed by atoms with Crippen molar-refractivity contribution in [1.29, 1.82) is 0 Å². The molecule has 6 N–H and O–H groups in total. The van der Waals surface area contributed by atoms with E-state index in [9.17, 15) is 49.2 Å². The molecule has 0 bridgehead atoms. The van der Waals surface area contributed by atoms with Crippen LogP contribution in [0.4, 0.5) is 0 Å². The van der Waals surface area contributed by atoms with E-state index >= 15 is 0 Å². The maximum atomic E-state index is 11.9. The van der Waals surface area contributed by atoms with Crippen molar-refractivity contribution in [2.45, 2.75) is 430 Å². The van der Waals surface area contributed by atoms with Crippen LogP contribution in [0.25, 0.3) is 0 Å². The van der Waals surface area contributed by atoms with Gasteiger partial charge in [0.2, 0.25) is 23.6 Å². The van der Waals surface area contributed by atoms with E-state index in [2.05, 4.69) is 193 Å². The Hall–Kier alpha value is -3.73. The van der Waals surface area contributed by atoms with Gasteiger partial charge in [0.15, 0.2) is 0 Å². The Balaban J connectivity index is 0.000000227. The lowest BCUT2D eigenvalue weighted by Crippen LogP contribution is -3.25. The first-order valence-corrected chi connectivity index (χ1v) is 40.3. The van der Waals surface area contributed by atoms with Crippen LogP contribution in [0.5, 0.6) is 0 Å². The van der Waals surface area contributed by atoms with E-state index in [1.165, 1.54) is 15.9 Å². The molecule has 0 aromatic heterocycles. The minimum absolute atomic E-state index is 0.00769. The van der Waals surface area contributed by atoms with Crippen molar-refractivity contribution < 1.29 is 88.1 Å². The number of nitrogens with one attached hydrogen (secondary N) is 3. The Kier molecular flexibility index (Phi) is 30.2. The quantitative estimate of drug-likeness (QED) is 0.0516. The monoisotopic (exact) mass is 1530 g/mol. The molecule has 2 unspecified atom stereocenters. The highest BCUT2D eigenvalue weighted by Gasteiger charge is 2.56. The third-order valence-corrected chi connectivity index (χ3v) is 26.2. The van der Waals surface area contributed by atoms with Crippen molar-refractivity contribution in [3.05, 3.63) is 12.7 Å². The van der Waals surface area contributed by atoms with Crippen LogP contribution >= 0.6 is 0 Å². The van der Waals surface area contributed by atoms with Gasteiger partial charge in [-0.15, -0.1) is 0 Å². The number of nitrogens with zero attached hydrogens (tertiary/aromatic N) is 6. The Morgan fingerprint density at radius 2 is 0.620 bits per heavy atom. The fraction of sp³-hybridized carbons (Fsp3) is 0.893. The Morgan fingerprint density at radius 3 is 0.917 bits per heavy atom. The van der Waals surface area contributed by atoms with Crippen molar-refractivity contribution >= 4 is 41.2 Å². The summed E-state index contributed by atoms with van der Waals surface area (Å²) in [6.07, 6.45) is 15.1. The topological polar surface area (TPSA) is 266 Å². The second-order valence-electron chi connectivity index (χ2n) is 42.6. The average molecular weight is 1530 g/mol. The molecule has 624 valence electrons. The molecule has 24 nitrogen and oxygen atoms in total. The second kappa shape index (κ2) is 34.4. The van der Waals surface area contributed by atoms with E-state index in [1.54, 1.807) is 0 Å². The number of amides is 4. The smallest absolute Gasteiger partial charge is 0.330 e. The molecule has 11 heterocycles. The zero-order valence-electron chi connectivity index (χ0n) is 73.8. The number of carbonyl (C=O) groups excluding carboxylic acids is 7. The summed E-state index contributed by atoms with van der Waals surface area (Å²) < 4.78 is 27.6. The van der Waals surface area contributed by atoms with Gasteiger partial charge in [-0.25, -0.2) is 20.4 Å². The third kappa shape index (κ3) is 24.7. The standard InChI is InChI=1S/C14H24N2O2.C13H22N2O3.C13H25NO2.C13H23NO2.C12H23NO3.C10H19NO.C9H17NO2/c1-13(2)8-10(9-14(3,4)15(13)5)16-11(17)6-7-12(16)18;1-12(2)7-9(8-13(3,4)15(12)18)14-10(16)5-6-11(14)17;1-12(2)6-10(15-8-11-9-16-11)7-13(3,4)14(12)5;1-7-11(15)16-10-8-12(2,3)14(6)13(4,5)9-10;1-11(2)5-9(15-7-10-8-16-10)6-12(3,4)13(11)14;1-9(2)6-8(12)7-10(3,4)11(9)5;1-8(2)5-7(11)6-9(3,4)10(8)12/h10H,6-9H2,1-5H3;9,18H,5-8H2,1-4H3;10-11H,6-9H2,1-5H3;7,10H,1,8-9H2,2-6H3;9-10,14H,5-8H2,1-4H3;6-7H2,1-5H3;12H,5-6H2,1-4H3/p+3. The minimum atomic E-state index is -0.352. The van der Waals surface area contributed by atoms with Crippen molar-refractivity contribution in [3.63, 3.8) is 0 Å². The summed E-state index contributed by atoms with van der Waals surface area (Å²) in [4.78, 5) is 93.9. The van der Waals surface area contributed by atoms with Crippen LogP contribution in [0.3, 0.4) is 0 Å². The van der Waals surface area contributed by atoms with Crippen molar-refractivity contribution in [3.8, 4) is 0 Å². The predicted octanol–water partition coefficient (Wildman–Crippen LogP) is 8.75. The number of ether oxygens (including phenoxy) is 5. The molecule has 0 radical (unpaired) electrons. The maximum Gasteiger partial charge on any atom is 0.330 e. The van der Waals surface area contributed by atoms with Crippen LogP contribution in [-0.2, 0) is 57.2 Å². The van der Waals surface area contributed by atoms with Crippen LogP contribution in [-0.4, -0.2) is 261 Å². The van der Waals surface area contributed by atoms with E-state index in [0.717, 1.165) is 71.2 Å². The number of esters is 1. The molecule has 4 amide bonds. The molecule has 0 aliphatic carbocycles. The number of hydrogen-bond donors (Lipinski definition) is 6. The zero-order chi connectivity index (χ0) is 83.1. The first-order valence-electron chi connectivity index (χ1n) is 40.3. The molecule has 11 saturated heterocycles. The molecule has 0 aromatic rings. The molecule has 11 rings (SSSR count). The largest absolute Gasteiger partial charge is 0.459 e. The molecular formula is C84H156N9O15+3. The maximum absolute atomic E-state index is 11.9. The Labute approximate surface area is 652 Å². The summed E-state index contributed by atoms with van der Waals surface area (Å²) >= 11 is 0. The lowest BCUT2D eigenvalue weighted by atomic mass is 9.77. The molecule has 2 atom stereocenters. The number of rotatable bonds is 10. The van der Waals surface area contributed by atoms with Gasteiger partial charge in [0.25, 0.3) is 0 Å². The van der Waals surface area contributed by atoms with Crippen LogP contribution in [0, 0.1) is 0 Å². The number of piperidine rings is 7. The number of imide groups is 2. The molecule has 11 aliphatic rings. The summed E-state index contributed by atoms with van der Waals surface area (Å²) in [5.74, 6) is 0.241. The number of quaternary nitrogens is 3. The Morgan fingerprint density at radius 1 is 0.380 bits per heavy atom. The van der Waals surface area contributed by atoms with E-state index in [0.29, 0.717) is 110 Å². The van der Waals surface area contributed by atoms with Crippen molar-refractivity contribution in [2.75, 3.05) is 54.6 Å². The Bertz CT molecular complexity index is 2810. The minimum Gasteiger partial charge on any atom is -0.459 e. The number of ketones is 2. The fourth-order valence-corrected chi connectivity index (χ4v) is 19.5. The number of Topliss-reactive ketones (excluding diaryl/α,β-unsaturated/α-hetero) is 2. The van der Waals surface area contributed by atoms with Gasteiger partial charge in [-0.3, -0.25) is 58.2 Å². The van der Waals surface area contributed by atoms with E-state index in [4.69, 9.17) is 23.7 Å². The molecule has 108 heavy (non-hydrogen) atoms. The number of hydroxylamine groups is 6. The highest BCUT2D eigenvalue weighted by atomic mass is 16.6. The van der Waals surface area contributed by atoms with Gasteiger partial charge in [-0.05, 0) is 248 Å². The molecule has 24 heteroatoms. The van der Waals surface area contributed by atoms with Crippen LogP contribution < -0.4 is 15.2 Å². The van der Waals surface area contributed by atoms with Crippen LogP contribution in [0.1, 0.15) is 309 Å². The van der Waals surface area contributed by atoms with E-state index < -0.39 is 0 Å². The highest BCUT2D eigenvalue weighted by molar-refractivity contribution is 6.03. The molecular weight excluding hydrogens is 1370 g/mol. The van der Waals surface area contributed by atoms with E-state index in [-0.39, 0.29) is 137 Å². The average Bonchev–Trinajstić information content (AvgIpc) is 1.54. The molecule has 0 spiro atoms. The van der Waals surface area contributed by atoms with Gasteiger partial charge in [0.05, 0.1) is 57.5 Å². The number of likely N-dealkylation sites (tertiary alicyclic amines) is 6. The summed E-state index contributed by atoms with van der Waals surface area (Å²) in [5.41, 5.74) is -1.05. The van der Waals surface area contributed by atoms with Gasteiger partial charge in [-0.2, -0.15) is 15.2 Å². The summed E-state index contributed by atoms with van der Waals surface area (Å²) in [5, 5.41) is 31.9. The van der Waals surface area contributed by atoms with Gasteiger partial charge < -0.3 is 23.7 Å². The van der Waals surface area contributed by atoms with Crippen LogP contribution in [0.2, 0.25) is 0 Å². The normalized spacial score (nSPS) is 31.9. The lowest BCUT2D eigenvalue weighted by Gasteiger charge is -2.54. The van der Waals surface area contributed by atoms with Gasteiger partial charge in [0, 0.05) is 133 Å². The summed E-state index contributed by atoms with van der Waals surface area (Å²) in [6, 6.07) is -0.0119. The number of carbonyl (C=O) groups is 7. The van der Waals surface area contributed by atoms with Gasteiger partial charge in [0.1, 0.15) is 63.1 Å². The number of hydrogen-bond acceptors (Lipinski definition) is 19. The van der Waals surface area contributed by atoms with Crippen LogP contribution in [0.15, 0.2) is 12.7 Å². The lowest BCUT2D eigenvalue weighted by molar-refractivity contribution is -1.16. The first-order chi connectivity index (χ1) is 48.6. The van der Waals surface area contributed by atoms with Crippen molar-refractivity contribution in [2.24, 2.45) is 0 Å². The predicted molar refractivity (Wildman–Crippen MR) is 420 cm³/mol. The zero-order valence-corrected chi connectivity index (χ0v) is 73.8. The highest BCUT2D eigenvalue weighted by Crippen LogP contribution is 2.43. The third-order valence-electron chi connectivity index (χ3n) is 26.2. The number of epoxide rings is 2. The first kappa shape index (κ1) is 94.9. The van der Waals surface area contributed by atoms with Gasteiger partial charge >= 0.3 is 5.97 Å². The molecule has 0 aromatic carbocycles. The van der Waals surface area contributed by atoms with Gasteiger partial charge in [-0.1, -0.05) is 6.58 Å².